The van der Waals surface area contributed by atoms with E-state index in [2.05, 4.69) is 15.1 Å². The van der Waals surface area contributed by atoms with E-state index < -0.39 is 0 Å². The van der Waals surface area contributed by atoms with E-state index >= 15 is 0 Å². The molecule has 0 aliphatic heterocycles. The fourth-order valence-corrected chi connectivity index (χ4v) is 2.28. The summed E-state index contributed by atoms with van der Waals surface area (Å²) in [4.78, 5) is 21.0. The van der Waals surface area contributed by atoms with Crippen LogP contribution in [0.5, 0.6) is 0 Å². The van der Waals surface area contributed by atoms with Crippen molar-refractivity contribution in [3.8, 4) is 11.4 Å². The van der Waals surface area contributed by atoms with Crippen LogP contribution in [0.3, 0.4) is 0 Å². The van der Waals surface area contributed by atoms with Crippen LogP contribution in [0.2, 0.25) is 0 Å². The molecule has 118 valence electrons. The molecule has 0 saturated carbocycles. The standard InChI is InChI=1S/C17H19N5O/c1-17(2,3)22-16(23)21(12-20-22)11-13-7-8-15(19-10-13)14-6-4-5-9-18-14/h4-10,12H,11H2,1-3H3. The fourth-order valence-electron chi connectivity index (χ4n) is 2.28. The molecule has 6 heteroatoms. The zero-order valence-electron chi connectivity index (χ0n) is 13.5. The molecular weight excluding hydrogens is 290 g/mol. The van der Waals surface area contributed by atoms with E-state index in [9.17, 15) is 4.79 Å². The third-order valence-electron chi connectivity index (χ3n) is 3.47. The highest BCUT2D eigenvalue weighted by molar-refractivity contribution is 5.53. The maximum Gasteiger partial charge on any atom is 0.346 e. The van der Waals surface area contributed by atoms with Gasteiger partial charge in [0.1, 0.15) is 6.33 Å². The molecule has 23 heavy (non-hydrogen) atoms. The molecule has 3 aromatic rings. The molecule has 0 fully saturated rings. The number of nitrogens with zero attached hydrogens (tertiary/aromatic N) is 5. The lowest BCUT2D eigenvalue weighted by Crippen LogP contribution is -2.35. The van der Waals surface area contributed by atoms with E-state index in [1.807, 2.05) is 51.1 Å². The van der Waals surface area contributed by atoms with Crippen LogP contribution in [0.15, 0.2) is 53.8 Å². The molecule has 0 unspecified atom stereocenters. The molecule has 0 amide bonds. The van der Waals surface area contributed by atoms with Gasteiger partial charge in [-0.2, -0.15) is 5.10 Å². The highest BCUT2D eigenvalue weighted by atomic mass is 16.2. The van der Waals surface area contributed by atoms with Crippen LogP contribution >= 0.6 is 0 Å². The molecule has 0 bridgehead atoms. The van der Waals surface area contributed by atoms with E-state index in [0.717, 1.165) is 17.0 Å². The predicted molar refractivity (Wildman–Crippen MR) is 88.1 cm³/mol. The Kier molecular flexibility index (Phi) is 3.82. The van der Waals surface area contributed by atoms with Gasteiger partial charge in [-0.05, 0) is 44.5 Å². The number of hydrogen-bond acceptors (Lipinski definition) is 4. The largest absolute Gasteiger partial charge is 0.346 e. The lowest BCUT2D eigenvalue weighted by atomic mass is 10.1. The zero-order valence-corrected chi connectivity index (χ0v) is 13.5. The highest BCUT2D eigenvalue weighted by Gasteiger charge is 2.18. The Hall–Kier alpha value is -2.76. The van der Waals surface area contributed by atoms with Crippen LogP contribution in [0.25, 0.3) is 11.4 Å². The van der Waals surface area contributed by atoms with Gasteiger partial charge in [0.25, 0.3) is 0 Å². The van der Waals surface area contributed by atoms with E-state index in [-0.39, 0.29) is 11.2 Å². The van der Waals surface area contributed by atoms with E-state index in [4.69, 9.17) is 0 Å². The Morgan fingerprint density at radius 3 is 2.39 bits per heavy atom. The van der Waals surface area contributed by atoms with Crippen LogP contribution in [-0.4, -0.2) is 24.3 Å². The Morgan fingerprint density at radius 2 is 1.83 bits per heavy atom. The van der Waals surface area contributed by atoms with Gasteiger partial charge in [0.05, 0.1) is 23.5 Å². The van der Waals surface area contributed by atoms with Gasteiger partial charge in [-0.25, -0.2) is 9.48 Å². The molecule has 6 nitrogen and oxygen atoms in total. The summed E-state index contributed by atoms with van der Waals surface area (Å²) in [5.74, 6) is 0. The molecule has 3 aromatic heterocycles. The van der Waals surface area contributed by atoms with Gasteiger partial charge in [-0.3, -0.25) is 14.5 Å². The second-order valence-electron chi connectivity index (χ2n) is 6.39. The smallest absolute Gasteiger partial charge is 0.277 e. The van der Waals surface area contributed by atoms with E-state index in [1.54, 1.807) is 23.3 Å². The van der Waals surface area contributed by atoms with Crippen molar-refractivity contribution in [1.29, 1.82) is 0 Å². The summed E-state index contributed by atoms with van der Waals surface area (Å²) in [6.45, 7) is 6.31. The molecule has 0 spiro atoms. The van der Waals surface area contributed by atoms with Gasteiger partial charge in [0.15, 0.2) is 0 Å². The first-order valence-corrected chi connectivity index (χ1v) is 7.46. The SMILES string of the molecule is CC(C)(C)n1ncn(Cc2ccc(-c3ccccn3)nc2)c1=O. The Morgan fingerprint density at radius 1 is 1.04 bits per heavy atom. The highest BCUT2D eigenvalue weighted by Crippen LogP contribution is 2.14. The average Bonchev–Trinajstić information content (AvgIpc) is 2.90. The Balaban J connectivity index is 1.82. The second-order valence-corrected chi connectivity index (χ2v) is 6.39. The summed E-state index contributed by atoms with van der Waals surface area (Å²) < 4.78 is 3.07. The summed E-state index contributed by atoms with van der Waals surface area (Å²) in [5, 5.41) is 4.19. The van der Waals surface area contributed by atoms with Crippen molar-refractivity contribution in [3.05, 3.63) is 65.1 Å². The van der Waals surface area contributed by atoms with Gasteiger partial charge in [0, 0.05) is 12.4 Å². The average molecular weight is 309 g/mol. The molecule has 0 N–H and O–H groups in total. The van der Waals surface area contributed by atoms with Crippen molar-refractivity contribution in [2.45, 2.75) is 32.9 Å². The van der Waals surface area contributed by atoms with Crippen molar-refractivity contribution in [2.24, 2.45) is 0 Å². The van der Waals surface area contributed by atoms with Gasteiger partial charge in [-0.1, -0.05) is 12.1 Å². The quantitative estimate of drug-likeness (QED) is 0.744. The topological polar surface area (TPSA) is 65.6 Å². The Labute approximate surface area is 134 Å². The number of pyridine rings is 2. The minimum Gasteiger partial charge on any atom is -0.277 e. The van der Waals surface area contributed by atoms with Gasteiger partial charge < -0.3 is 0 Å². The maximum absolute atomic E-state index is 12.3. The molecule has 3 heterocycles. The van der Waals surface area contributed by atoms with Crippen molar-refractivity contribution in [3.63, 3.8) is 0 Å². The van der Waals surface area contributed by atoms with Gasteiger partial charge in [-0.15, -0.1) is 0 Å². The lowest BCUT2D eigenvalue weighted by molar-refractivity contribution is 0.340. The monoisotopic (exact) mass is 309 g/mol. The maximum atomic E-state index is 12.3. The minimum absolute atomic E-state index is 0.119. The molecule has 0 aliphatic rings. The number of rotatable bonds is 3. The van der Waals surface area contributed by atoms with Crippen LogP contribution < -0.4 is 5.69 Å². The molecular formula is C17H19N5O. The third kappa shape index (κ3) is 3.21. The molecule has 0 aromatic carbocycles. The number of hydrogen-bond donors (Lipinski definition) is 0. The first-order valence-electron chi connectivity index (χ1n) is 7.46. The number of aromatic nitrogens is 5. The lowest BCUT2D eigenvalue weighted by Gasteiger charge is -2.16. The van der Waals surface area contributed by atoms with Crippen LogP contribution in [-0.2, 0) is 12.1 Å². The summed E-state index contributed by atoms with van der Waals surface area (Å²) >= 11 is 0. The van der Waals surface area contributed by atoms with Crippen LogP contribution in [0, 0.1) is 0 Å². The van der Waals surface area contributed by atoms with E-state index in [0.29, 0.717) is 6.54 Å². The zero-order chi connectivity index (χ0) is 16.4. The van der Waals surface area contributed by atoms with Gasteiger partial charge in [0.2, 0.25) is 0 Å². The van der Waals surface area contributed by atoms with Gasteiger partial charge >= 0.3 is 5.69 Å². The molecule has 0 aliphatic carbocycles. The third-order valence-corrected chi connectivity index (χ3v) is 3.47. The van der Waals surface area contributed by atoms with Crippen molar-refractivity contribution in [2.75, 3.05) is 0 Å². The van der Waals surface area contributed by atoms with Crippen LogP contribution in [0.1, 0.15) is 26.3 Å². The molecule has 0 saturated heterocycles. The second kappa shape index (κ2) is 5.79. The summed E-state index contributed by atoms with van der Waals surface area (Å²) in [6, 6.07) is 9.59. The van der Waals surface area contributed by atoms with Crippen molar-refractivity contribution in [1.82, 2.24) is 24.3 Å². The minimum atomic E-state index is -0.330. The predicted octanol–water partition coefficient (Wildman–Crippen LogP) is 2.31. The summed E-state index contributed by atoms with van der Waals surface area (Å²) in [7, 11) is 0. The molecule has 0 radical (unpaired) electrons. The van der Waals surface area contributed by atoms with E-state index in [1.165, 1.54) is 4.68 Å². The van der Waals surface area contributed by atoms with Crippen LogP contribution in [0.4, 0.5) is 0 Å². The molecule has 3 rings (SSSR count). The van der Waals surface area contributed by atoms with Crippen molar-refractivity contribution >= 4 is 0 Å². The first kappa shape index (κ1) is 15.1. The fraction of sp³-hybridized carbons (Fsp3) is 0.294. The van der Waals surface area contributed by atoms with Crippen molar-refractivity contribution < 1.29 is 0 Å². The summed E-state index contributed by atoms with van der Waals surface area (Å²) in [5.41, 5.74) is 2.14. The Bertz CT molecular complexity index is 841. The summed E-state index contributed by atoms with van der Waals surface area (Å²) in [6.07, 6.45) is 5.08. The molecule has 0 atom stereocenters. The normalized spacial score (nSPS) is 11.6. The first-order chi connectivity index (χ1) is 10.9.